The SMILES string of the molecule is COc1cc(NS(=O)(=O)NC2CC2)c(C(=O)O)cc1OC. The predicted octanol–water partition coefficient (Wildman–Crippen LogP) is 0.811. The Labute approximate surface area is 122 Å². The lowest BCUT2D eigenvalue weighted by Gasteiger charge is -2.14. The summed E-state index contributed by atoms with van der Waals surface area (Å²) in [5.74, 6) is -0.848. The van der Waals surface area contributed by atoms with Crippen LogP contribution in [-0.4, -0.2) is 39.8 Å². The molecule has 0 unspecified atom stereocenters. The van der Waals surface area contributed by atoms with Gasteiger partial charge in [0.15, 0.2) is 11.5 Å². The molecule has 8 nitrogen and oxygen atoms in total. The van der Waals surface area contributed by atoms with Gasteiger partial charge in [0.25, 0.3) is 10.2 Å². The summed E-state index contributed by atoms with van der Waals surface area (Å²) in [5.41, 5.74) is -0.317. The second-order valence-corrected chi connectivity index (χ2v) is 6.00. The number of carboxylic acid groups (broad SMARTS) is 1. The predicted molar refractivity (Wildman–Crippen MR) is 75.2 cm³/mol. The molecule has 1 fully saturated rings. The lowest BCUT2D eigenvalue weighted by Crippen LogP contribution is -2.32. The fourth-order valence-electron chi connectivity index (χ4n) is 1.74. The molecule has 116 valence electrons. The minimum Gasteiger partial charge on any atom is -0.493 e. The first-order valence-electron chi connectivity index (χ1n) is 6.15. The van der Waals surface area contributed by atoms with Gasteiger partial charge in [0, 0.05) is 18.2 Å². The van der Waals surface area contributed by atoms with E-state index < -0.39 is 16.2 Å². The standard InChI is InChI=1S/C12H16N2O6S/c1-19-10-5-8(12(15)16)9(6-11(10)20-2)14-21(17,18)13-7-3-4-7/h5-7,13-14H,3-4H2,1-2H3,(H,15,16). The van der Waals surface area contributed by atoms with Crippen LogP contribution in [0.5, 0.6) is 11.5 Å². The second-order valence-electron chi connectivity index (χ2n) is 4.56. The third-order valence-corrected chi connectivity index (χ3v) is 4.03. The number of ether oxygens (including phenoxy) is 2. The summed E-state index contributed by atoms with van der Waals surface area (Å²) >= 11 is 0. The van der Waals surface area contributed by atoms with E-state index in [9.17, 15) is 18.3 Å². The van der Waals surface area contributed by atoms with E-state index in [1.807, 2.05) is 0 Å². The highest BCUT2D eigenvalue weighted by Gasteiger charge is 2.28. The van der Waals surface area contributed by atoms with Crippen molar-refractivity contribution >= 4 is 21.9 Å². The molecule has 9 heteroatoms. The zero-order valence-electron chi connectivity index (χ0n) is 11.5. The highest BCUT2D eigenvalue weighted by molar-refractivity contribution is 7.90. The van der Waals surface area contributed by atoms with Crippen molar-refractivity contribution in [3.63, 3.8) is 0 Å². The third-order valence-electron chi connectivity index (χ3n) is 2.90. The monoisotopic (exact) mass is 316 g/mol. The smallest absolute Gasteiger partial charge is 0.337 e. The van der Waals surface area contributed by atoms with Gasteiger partial charge in [-0.3, -0.25) is 4.72 Å². The van der Waals surface area contributed by atoms with Crippen molar-refractivity contribution in [3.05, 3.63) is 17.7 Å². The van der Waals surface area contributed by atoms with Crippen molar-refractivity contribution in [1.29, 1.82) is 0 Å². The molecule has 0 aliphatic heterocycles. The number of hydrogen-bond acceptors (Lipinski definition) is 5. The minimum absolute atomic E-state index is 0.0871. The topological polar surface area (TPSA) is 114 Å². The normalized spacial score (nSPS) is 14.6. The fraction of sp³-hybridized carbons (Fsp3) is 0.417. The molecule has 0 aromatic heterocycles. The summed E-state index contributed by atoms with van der Waals surface area (Å²) in [6, 6.07) is 2.39. The molecule has 0 spiro atoms. The summed E-state index contributed by atoms with van der Waals surface area (Å²) in [5, 5.41) is 9.19. The summed E-state index contributed by atoms with van der Waals surface area (Å²) < 4.78 is 38.5. The molecule has 1 saturated carbocycles. The lowest BCUT2D eigenvalue weighted by molar-refractivity contribution is 0.0697. The van der Waals surface area contributed by atoms with Crippen LogP contribution in [0.25, 0.3) is 0 Å². The molecule has 0 heterocycles. The van der Waals surface area contributed by atoms with Crippen molar-refractivity contribution < 1.29 is 27.8 Å². The van der Waals surface area contributed by atoms with Gasteiger partial charge in [-0.2, -0.15) is 13.1 Å². The lowest BCUT2D eigenvalue weighted by atomic mass is 10.1. The number of hydrogen-bond donors (Lipinski definition) is 3. The van der Waals surface area contributed by atoms with Gasteiger partial charge in [-0.05, 0) is 12.8 Å². The summed E-state index contributed by atoms with van der Waals surface area (Å²) in [4.78, 5) is 11.3. The van der Waals surface area contributed by atoms with Crippen LogP contribution in [-0.2, 0) is 10.2 Å². The Bertz CT molecular complexity index is 654. The molecule has 1 aliphatic carbocycles. The molecule has 0 saturated heterocycles. The Morgan fingerprint density at radius 3 is 2.29 bits per heavy atom. The number of methoxy groups -OCH3 is 2. The average Bonchev–Trinajstić information content (AvgIpc) is 3.20. The van der Waals surface area contributed by atoms with Crippen molar-refractivity contribution in [2.75, 3.05) is 18.9 Å². The molecule has 21 heavy (non-hydrogen) atoms. The number of benzene rings is 1. The van der Waals surface area contributed by atoms with Gasteiger partial charge >= 0.3 is 5.97 Å². The zero-order valence-corrected chi connectivity index (χ0v) is 12.4. The molecular weight excluding hydrogens is 300 g/mol. The van der Waals surface area contributed by atoms with Gasteiger partial charge in [0.05, 0.1) is 25.5 Å². The van der Waals surface area contributed by atoms with Crippen molar-refractivity contribution in [1.82, 2.24) is 4.72 Å². The fourth-order valence-corrected chi connectivity index (χ4v) is 2.93. The number of nitrogens with one attached hydrogen (secondary N) is 2. The molecule has 1 aromatic rings. The Kier molecular flexibility index (Phi) is 4.24. The molecule has 0 atom stereocenters. The van der Waals surface area contributed by atoms with Gasteiger partial charge in [0.1, 0.15) is 0 Å². The van der Waals surface area contributed by atoms with Crippen molar-refractivity contribution in [3.8, 4) is 11.5 Å². The molecule has 1 aliphatic rings. The summed E-state index contributed by atoms with van der Waals surface area (Å²) in [6.45, 7) is 0. The van der Waals surface area contributed by atoms with Gasteiger partial charge < -0.3 is 14.6 Å². The van der Waals surface area contributed by atoms with E-state index in [4.69, 9.17) is 9.47 Å². The van der Waals surface area contributed by atoms with Gasteiger partial charge in [-0.1, -0.05) is 0 Å². The van der Waals surface area contributed by atoms with Crippen LogP contribution in [0.2, 0.25) is 0 Å². The molecule has 3 N–H and O–H groups in total. The molecule has 1 aromatic carbocycles. The van der Waals surface area contributed by atoms with E-state index in [1.165, 1.54) is 26.4 Å². The van der Waals surface area contributed by atoms with E-state index >= 15 is 0 Å². The molecule has 2 rings (SSSR count). The highest BCUT2D eigenvalue weighted by Crippen LogP contribution is 2.34. The van der Waals surface area contributed by atoms with Crippen LogP contribution in [0.3, 0.4) is 0 Å². The quantitative estimate of drug-likeness (QED) is 0.686. The summed E-state index contributed by atoms with van der Waals surface area (Å²) in [7, 11) is -1.09. The van der Waals surface area contributed by atoms with Gasteiger partial charge in [-0.15, -0.1) is 0 Å². The van der Waals surface area contributed by atoms with Crippen LogP contribution in [0.4, 0.5) is 5.69 Å². The Balaban J connectivity index is 2.38. The van der Waals surface area contributed by atoms with Crippen LogP contribution >= 0.6 is 0 Å². The van der Waals surface area contributed by atoms with Crippen LogP contribution in [0, 0.1) is 0 Å². The minimum atomic E-state index is -3.83. The Hall–Kier alpha value is -2.00. The van der Waals surface area contributed by atoms with Crippen LogP contribution in [0.15, 0.2) is 12.1 Å². The number of carbonyl (C=O) groups is 1. The van der Waals surface area contributed by atoms with E-state index in [2.05, 4.69) is 9.44 Å². The first-order valence-corrected chi connectivity index (χ1v) is 7.64. The molecule has 0 bridgehead atoms. The van der Waals surface area contributed by atoms with E-state index in [0.717, 1.165) is 12.8 Å². The van der Waals surface area contributed by atoms with E-state index in [0.29, 0.717) is 0 Å². The maximum Gasteiger partial charge on any atom is 0.337 e. The largest absolute Gasteiger partial charge is 0.493 e. The number of anilines is 1. The number of carboxylic acids is 1. The maximum absolute atomic E-state index is 11.9. The highest BCUT2D eigenvalue weighted by atomic mass is 32.2. The summed E-state index contributed by atoms with van der Waals surface area (Å²) in [6.07, 6.45) is 1.55. The van der Waals surface area contributed by atoms with E-state index in [-0.39, 0.29) is 28.8 Å². The van der Waals surface area contributed by atoms with Crippen LogP contribution in [0.1, 0.15) is 23.2 Å². The van der Waals surface area contributed by atoms with Crippen molar-refractivity contribution in [2.24, 2.45) is 0 Å². The van der Waals surface area contributed by atoms with E-state index in [1.54, 1.807) is 0 Å². The third kappa shape index (κ3) is 3.76. The van der Waals surface area contributed by atoms with Gasteiger partial charge in [0.2, 0.25) is 0 Å². The second kappa shape index (κ2) is 5.78. The zero-order chi connectivity index (χ0) is 15.6. The first-order chi connectivity index (χ1) is 9.86. The van der Waals surface area contributed by atoms with Crippen LogP contribution < -0.4 is 18.9 Å². The molecule has 0 radical (unpaired) electrons. The number of rotatable bonds is 7. The van der Waals surface area contributed by atoms with Crippen molar-refractivity contribution in [2.45, 2.75) is 18.9 Å². The van der Waals surface area contributed by atoms with Gasteiger partial charge in [-0.25, -0.2) is 4.79 Å². The Morgan fingerprint density at radius 2 is 1.81 bits per heavy atom. The molecule has 0 amide bonds. The Morgan fingerprint density at radius 1 is 1.24 bits per heavy atom. The molecular formula is C12H16N2O6S. The average molecular weight is 316 g/mol. The first kappa shape index (κ1) is 15.4. The number of aromatic carboxylic acids is 1. The maximum atomic E-state index is 11.9.